The first-order valence-electron chi connectivity index (χ1n) is 8.85. The Bertz CT molecular complexity index is 956. The minimum absolute atomic E-state index is 0.0124. The number of fused-ring (bicyclic) bond motifs is 1. The number of Topliss-reactive ketones (excluding diaryl/α,β-unsaturated/α-hetero) is 1. The molecule has 2 aromatic rings. The molecule has 0 radical (unpaired) electrons. The highest BCUT2D eigenvalue weighted by molar-refractivity contribution is 6.30. The van der Waals surface area contributed by atoms with Crippen molar-refractivity contribution in [1.82, 2.24) is 14.7 Å². The number of alkyl halides is 3. The largest absolute Gasteiger partial charge is 0.496 e. The fraction of sp³-hybridized carbons (Fsp3) is 0.421. The molecule has 0 N–H and O–H groups in total. The molecule has 0 saturated carbocycles. The van der Waals surface area contributed by atoms with Crippen LogP contribution in [-0.2, 0) is 41.7 Å². The third kappa shape index (κ3) is 4.55. The van der Waals surface area contributed by atoms with Gasteiger partial charge in [0.05, 0.1) is 19.3 Å². The van der Waals surface area contributed by atoms with Crippen LogP contribution < -0.4 is 4.74 Å². The van der Waals surface area contributed by atoms with Crippen LogP contribution in [0.25, 0.3) is 0 Å². The summed E-state index contributed by atoms with van der Waals surface area (Å²) in [4.78, 5) is 25.7. The Balaban J connectivity index is 1.89. The molecule has 0 aliphatic carbocycles. The Labute approximate surface area is 170 Å². The first kappa shape index (κ1) is 21.2. The number of hydrogen-bond acceptors (Lipinski definition) is 4. The summed E-state index contributed by atoms with van der Waals surface area (Å²) in [6, 6.07) is 4.81. The van der Waals surface area contributed by atoms with Crippen LogP contribution >= 0.6 is 11.6 Å². The number of nitrogens with zero attached hydrogens (tertiary/aromatic N) is 3. The molecule has 0 spiro atoms. The van der Waals surface area contributed by atoms with Crippen molar-refractivity contribution < 1.29 is 27.5 Å². The van der Waals surface area contributed by atoms with Crippen molar-refractivity contribution in [1.29, 1.82) is 0 Å². The van der Waals surface area contributed by atoms with E-state index < -0.39 is 11.9 Å². The van der Waals surface area contributed by atoms with Gasteiger partial charge in [-0.05, 0) is 24.6 Å². The van der Waals surface area contributed by atoms with Crippen LogP contribution in [0.3, 0.4) is 0 Å². The van der Waals surface area contributed by atoms with Gasteiger partial charge < -0.3 is 9.64 Å². The van der Waals surface area contributed by atoms with Gasteiger partial charge in [0.25, 0.3) is 0 Å². The molecule has 29 heavy (non-hydrogen) atoms. The van der Waals surface area contributed by atoms with Crippen LogP contribution in [0, 0.1) is 0 Å². The zero-order chi connectivity index (χ0) is 21.3. The SMILES string of the molecule is COc1ccc(Cl)cc1CC(=O)Cn1nc(C(F)(F)F)c2c1CN(C(C)=O)CC2. The summed E-state index contributed by atoms with van der Waals surface area (Å²) in [5.41, 5.74) is -0.176. The van der Waals surface area contributed by atoms with Gasteiger partial charge in [0, 0.05) is 36.0 Å². The van der Waals surface area contributed by atoms with E-state index in [4.69, 9.17) is 16.3 Å². The number of halogens is 4. The first-order valence-corrected chi connectivity index (χ1v) is 9.23. The van der Waals surface area contributed by atoms with Gasteiger partial charge in [0.2, 0.25) is 5.91 Å². The normalized spacial score (nSPS) is 13.9. The first-order chi connectivity index (χ1) is 13.6. The number of benzene rings is 1. The van der Waals surface area contributed by atoms with Gasteiger partial charge in [-0.25, -0.2) is 0 Å². The maximum atomic E-state index is 13.4. The van der Waals surface area contributed by atoms with E-state index >= 15 is 0 Å². The molecule has 2 heterocycles. The Hall–Kier alpha value is -2.55. The molecule has 0 bridgehead atoms. The van der Waals surface area contributed by atoms with Gasteiger partial charge in [-0.2, -0.15) is 18.3 Å². The molecular formula is C19H19ClF3N3O3. The lowest BCUT2D eigenvalue weighted by molar-refractivity contribution is -0.142. The van der Waals surface area contributed by atoms with Crippen LogP contribution in [0.15, 0.2) is 18.2 Å². The summed E-state index contributed by atoms with van der Waals surface area (Å²) in [6.45, 7) is 1.18. The Morgan fingerprint density at radius 3 is 2.66 bits per heavy atom. The van der Waals surface area contributed by atoms with Gasteiger partial charge in [-0.15, -0.1) is 0 Å². The van der Waals surface area contributed by atoms with Crippen molar-refractivity contribution in [3.8, 4) is 5.75 Å². The van der Waals surface area contributed by atoms with Crippen molar-refractivity contribution in [2.75, 3.05) is 13.7 Å². The quantitative estimate of drug-likeness (QED) is 0.731. The number of carbonyl (C=O) groups excluding carboxylic acids is 2. The predicted octanol–water partition coefficient (Wildman–Crippen LogP) is 3.28. The zero-order valence-corrected chi connectivity index (χ0v) is 16.6. The van der Waals surface area contributed by atoms with E-state index in [1.807, 2.05) is 0 Å². The third-order valence-electron chi connectivity index (χ3n) is 4.81. The molecule has 0 fully saturated rings. The van der Waals surface area contributed by atoms with Gasteiger partial charge in [0.15, 0.2) is 11.5 Å². The molecule has 156 valence electrons. The topological polar surface area (TPSA) is 64.4 Å². The standard InChI is InChI=1S/C19H19ClF3N3O3/c1-11(27)25-6-5-15-16(10-25)26(24-18(15)19(21,22)23)9-14(28)8-12-7-13(20)3-4-17(12)29-2/h3-4,7H,5-6,8-10H2,1-2H3. The van der Waals surface area contributed by atoms with Crippen LogP contribution in [0.4, 0.5) is 13.2 Å². The minimum atomic E-state index is -4.63. The highest BCUT2D eigenvalue weighted by Crippen LogP contribution is 2.35. The molecule has 1 aliphatic rings. The summed E-state index contributed by atoms with van der Waals surface area (Å²) in [5.74, 6) is -0.138. The summed E-state index contributed by atoms with van der Waals surface area (Å²) in [7, 11) is 1.45. The van der Waals surface area contributed by atoms with Gasteiger partial charge >= 0.3 is 6.18 Å². The van der Waals surface area contributed by atoms with Crippen molar-refractivity contribution in [2.45, 2.75) is 39.0 Å². The van der Waals surface area contributed by atoms with E-state index in [9.17, 15) is 22.8 Å². The Kier molecular flexibility index (Phi) is 5.88. The second-order valence-corrected chi connectivity index (χ2v) is 7.23. The van der Waals surface area contributed by atoms with E-state index in [2.05, 4.69) is 5.10 Å². The number of aromatic nitrogens is 2. The summed E-state index contributed by atoms with van der Waals surface area (Å²) in [5, 5.41) is 4.09. The molecule has 1 amide bonds. The molecule has 1 aliphatic heterocycles. The predicted molar refractivity (Wildman–Crippen MR) is 98.7 cm³/mol. The monoisotopic (exact) mass is 429 g/mol. The lowest BCUT2D eigenvalue weighted by Crippen LogP contribution is -2.35. The summed E-state index contributed by atoms with van der Waals surface area (Å²) >= 11 is 5.96. The number of carbonyl (C=O) groups is 2. The lowest BCUT2D eigenvalue weighted by Gasteiger charge is -2.27. The minimum Gasteiger partial charge on any atom is -0.496 e. The van der Waals surface area contributed by atoms with Crippen LogP contribution in [-0.4, -0.2) is 40.0 Å². The molecule has 10 heteroatoms. The molecule has 1 aromatic carbocycles. The lowest BCUT2D eigenvalue weighted by atomic mass is 10.0. The number of amides is 1. The van der Waals surface area contributed by atoms with Gasteiger partial charge in [-0.1, -0.05) is 11.6 Å². The number of ether oxygens (including phenoxy) is 1. The van der Waals surface area contributed by atoms with Crippen LogP contribution in [0.5, 0.6) is 5.75 Å². The molecule has 0 unspecified atom stereocenters. The van der Waals surface area contributed by atoms with E-state index in [0.717, 1.165) is 4.68 Å². The molecule has 0 atom stereocenters. The van der Waals surface area contributed by atoms with E-state index in [-0.39, 0.29) is 55.4 Å². The van der Waals surface area contributed by atoms with Crippen molar-refractivity contribution >= 4 is 23.3 Å². The number of methoxy groups -OCH3 is 1. The summed E-state index contributed by atoms with van der Waals surface area (Å²) < 4.78 is 46.5. The second kappa shape index (κ2) is 8.06. The smallest absolute Gasteiger partial charge is 0.435 e. The van der Waals surface area contributed by atoms with Crippen molar-refractivity contribution in [3.05, 3.63) is 45.7 Å². The van der Waals surface area contributed by atoms with Gasteiger partial charge in [-0.3, -0.25) is 14.3 Å². The van der Waals surface area contributed by atoms with E-state index in [1.54, 1.807) is 18.2 Å². The maximum absolute atomic E-state index is 13.4. The molecule has 6 nitrogen and oxygen atoms in total. The molecule has 3 rings (SSSR count). The van der Waals surface area contributed by atoms with Gasteiger partial charge in [0.1, 0.15) is 12.3 Å². The molecule has 0 saturated heterocycles. The maximum Gasteiger partial charge on any atom is 0.435 e. The van der Waals surface area contributed by atoms with Crippen LogP contribution in [0.2, 0.25) is 5.02 Å². The number of hydrogen-bond donors (Lipinski definition) is 0. The average molecular weight is 430 g/mol. The van der Waals surface area contributed by atoms with Crippen LogP contribution in [0.1, 0.15) is 29.4 Å². The Morgan fingerprint density at radius 2 is 2.03 bits per heavy atom. The fourth-order valence-corrected chi connectivity index (χ4v) is 3.62. The fourth-order valence-electron chi connectivity index (χ4n) is 3.43. The van der Waals surface area contributed by atoms with Crippen molar-refractivity contribution in [3.63, 3.8) is 0 Å². The molecule has 1 aromatic heterocycles. The number of ketones is 1. The third-order valence-corrected chi connectivity index (χ3v) is 5.04. The Morgan fingerprint density at radius 1 is 1.31 bits per heavy atom. The zero-order valence-electron chi connectivity index (χ0n) is 15.8. The van der Waals surface area contributed by atoms with E-state index in [1.165, 1.54) is 18.9 Å². The summed E-state index contributed by atoms with van der Waals surface area (Å²) in [6.07, 6.45) is -4.66. The highest BCUT2D eigenvalue weighted by Gasteiger charge is 2.40. The second-order valence-electron chi connectivity index (χ2n) is 6.79. The van der Waals surface area contributed by atoms with Crippen molar-refractivity contribution in [2.24, 2.45) is 0 Å². The van der Waals surface area contributed by atoms with E-state index in [0.29, 0.717) is 16.3 Å². The molecular weight excluding hydrogens is 411 g/mol. The number of rotatable bonds is 5. The highest BCUT2D eigenvalue weighted by atomic mass is 35.5. The average Bonchev–Trinajstić information content (AvgIpc) is 3.00.